The predicted molar refractivity (Wildman–Crippen MR) is 105 cm³/mol. The van der Waals surface area contributed by atoms with Gasteiger partial charge in [0.25, 0.3) is 5.91 Å². The van der Waals surface area contributed by atoms with Crippen molar-refractivity contribution in [3.8, 4) is 0 Å². The summed E-state index contributed by atoms with van der Waals surface area (Å²) in [5, 5.41) is 7.88. The Bertz CT molecular complexity index is 839. The minimum atomic E-state index is -0.0633. The van der Waals surface area contributed by atoms with Crippen molar-refractivity contribution in [3.05, 3.63) is 46.2 Å². The molecule has 2 amide bonds. The number of nitrogens with one attached hydrogen (secondary N) is 1. The summed E-state index contributed by atoms with van der Waals surface area (Å²) in [6, 6.07) is 6.92. The fourth-order valence-electron chi connectivity index (χ4n) is 3.22. The van der Waals surface area contributed by atoms with E-state index in [0.29, 0.717) is 43.3 Å². The molecule has 0 bridgehead atoms. The summed E-state index contributed by atoms with van der Waals surface area (Å²) in [7, 11) is 1.86. The Hall–Kier alpha value is -2.38. The van der Waals surface area contributed by atoms with E-state index in [9.17, 15) is 9.59 Å². The molecule has 0 saturated carbocycles. The normalized spacial score (nSPS) is 15.0. The number of carbonyl (C=O) groups is 2. The number of amides is 2. The molecule has 0 spiro atoms. The van der Waals surface area contributed by atoms with Gasteiger partial charge in [0.1, 0.15) is 0 Å². The Kier molecular flexibility index (Phi) is 5.82. The van der Waals surface area contributed by atoms with Gasteiger partial charge in [0.15, 0.2) is 0 Å². The zero-order valence-electron chi connectivity index (χ0n) is 15.8. The third-order valence-corrected chi connectivity index (χ3v) is 5.14. The number of halogens is 1. The number of hydrogen-bond donors (Lipinski definition) is 1. The van der Waals surface area contributed by atoms with Gasteiger partial charge in [-0.1, -0.05) is 11.6 Å². The summed E-state index contributed by atoms with van der Waals surface area (Å²) in [6.07, 6.45) is 0. The van der Waals surface area contributed by atoms with Crippen LogP contribution in [0.3, 0.4) is 0 Å². The summed E-state index contributed by atoms with van der Waals surface area (Å²) in [5.74, 6) is -0.0657. The molecule has 3 rings (SSSR count). The first-order valence-corrected chi connectivity index (χ1v) is 9.30. The minimum absolute atomic E-state index is 0.00243. The molecule has 0 unspecified atom stereocenters. The van der Waals surface area contributed by atoms with Crippen LogP contribution in [0.1, 0.15) is 21.7 Å². The van der Waals surface area contributed by atoms with Crippen LogP contribution < -0.4 is 5.32 Å². The number of benzene rings is 1. The van der Waals surface area contributed by atoms with Crippen molar-refractivity contribution in [1.29, 1.82) is 0 Å². The Morgan fingerprint density at radius 2 is 1.74 bits per heavy atom. The molecule has 7 nitrogen and oxygen atoms in total. The number of rotatable bonds is 4. The number of nitrogens with zero attached hydrogens (tertiary/aromatic N) is 4. The summed E-state index contributed by atoms with van der Waals surface area (Å²) < 4.78 is 1.76. The maximum atomic E-state index is 12.5. The highest BCUT2D eigenvalue weighted by Crippen LogP contribution is 2.18. The molecule has 0 radical (unpaired) electrons. The van der Waals surface area contributed by atoms with E-state index in [-0.39, 0.29) is 11.8 Å². The van der Waals surface area contributed by atoms with E-state index < -0.39 is 0 Å². The Labute approximate surface area is 163 Å². The van der Waals surface area contributed by atoms with Crippen LogP contribution >= 0.6 is 11.6 Å². The lowest BCUT2D eigenvalue weighted by atomic mass is 10.2. The second-order valence-electron chi connectivity index (χ2n) is 6.79. The number of piperazine rings is 1. The number of carbonyl (C=O) groups excluding carboxylic acids is 2. The molecule has 1 N–H and O–H groups in total. The fraction of sp³-hybridized carbons (Fsp3) is 0.421. The summed E-state index contributed by atoms with van der Waals surface area (Å²) in [5.41, 5.74) is 3.15. The van der Waals surface area contributed by atoms with E-state index in [1.807, 2.05) is 25.8 Å². The fourth-order valence-corrected chi connectivity index (χ4v) is 3.35. The molecule has 8 heteroatoms. The lowest BCUT2D eigenvalue weighted by Crippen LogP contribution is -2.50. The third kappa shape index (κ3) is 4.48. The maximum absolute atomic E-state index is 12.5. The van der Waals surface area contributed by atoms with Crippen molar-refractivity contribution in [2.45, 2.75) is 13.8 Å². The lowest BCUT2D eigenvalue weighted by Gasteiger charge is -2.34. The van der Waals surface area contributed by atoms with Gasteiger partial charge in [0.2, 0.25) is 5.91 Å². The van der Waals surface area contributed by atoms with Crippen LogP contribution in [0.25, 0.3) is 0 Å². The van der Waals surface area contributed by atoms with Gasteiger partial charge in [-0.2, -0.15) is 5.10 Å². The van der Waals surface area contributed by atoms with Gasteiger partial charge in [-0.3, -0.25) is 19.2 Å². The van der Waals surface area contributed by atoms with E-state index in [1.54, 1.807) is 28.9 Å². The van der Waals surface area contributed by atoms with Crippen LogP contribution in [-0.4, -0.2) is 64.1 Å². The second kappa shape index (κ2) is 8.10. The molecule has 144 valence electrons. The number of anilines is 1. The maximum Gasteiger partial charge on any atom is 0.253 e. The molecule has 1 saturated heterocycles. The van der Waals surface area contributed by atoms with Crippen LogP contribution in [0.15, 0.2) is 24.3 Å². The molecule has 1 aliphatic heterocycles. The predicted octanol–water partition coefficient (Wildman–Crippen LogP) is 2.09. The average molecular weight is 390 g/mol. The van der Waals surface area contributed by atoms with E-state index in [4.69, 9.17) is 11.6 Å². The molecule has 2 aromatic rings. The van der Waals surface area contributed by atoms with Crippen LogP contribution in [0.4, 0.5) is 5.69 Å². The van der Waals surface area contributed by atoms with Crippen molar-refractivity contribution in [3.63, 3.8) is 0 Å². The van der Waals surface area contributed by atoms with E-state index in [1.165, 1.54) is 0 Å². The van der Waals surface area contributed by atoms with Gasteiger partial charge < -0.3 is 10.2 Å². The Morgan fingerprint density at radius 1 is 1.11 bits per heavy atom. The smallest absolute Gasteiger partial charge is 0.253 e. The molecular formula is C19H24ClN5O2. The average Bonchev–Trinajstić information content (AvgIpc) is 2.88. The van der Waals surface area contributed by atoms with Gasteiger partial charge >= 0.3 is 0 Å². The topological polar surface area (TPSA) is 70.5 Å². The molecule has 0 atom stereocenters. The molecule has 0 aliphatic carbocycles. The van der Waals surface area contributed by atoms with Crippen molar-refractivity contribution in [1.82, 2.24) is 19.6 Å². The van der Waals surface area contributed by atoms with E-state index in [0.717, 1.165) is 17.1 Å². The largest absolute Gasteiger partial charge is 0.336 e. The van der Waals surface area contributed by atoms with Crippen LogP contribution in [0.5, 0.6) is 0 Å². The van der Waals surface area contributed by atoms with Crippen LogP contribution in [0.2, 0.25) is 5.02 Å². The first-order valence-electron chi connectivity index (χ1n) is 8.92. The van der Waals surface area contributed by atoms with Gasteiger partial charge in [0.05, 0.1) is 23.6 Å². The number of aryl methyl sites for hydroxylation is 2. The molecule has 2 heterocycles. The monoisotopic (exact) mass is 389 g/mol. The molecule has 1 aliphatic rings. The molecule has 1 aromatic carbocycles. The minimum Gasteiger partial charge on any atom is -0.336 e. The number of hydrogen-bond acceptors (Lipinski definition) is 4. The number of aromatic nitrogens is 2. The zero-order chi connectivity index (χ0) is 19.6. The first kappa shape index (κ1) is 19.4. The van der Waals surface area contributed by atoms with Crippen molar-refractivity contribution >= 4 is 29.1 Å². The highest BCUT2D eigenvalue weighted by atomic mass is 35.5. The van der Waals surface area contributed by atoms with Crippen molar-refractivity contribution in [2.24, 2.45) is 7.05 Å². The summed E-state index contributed by atoms with van der Waals surface area (Å²) in [4.78, 5) is 28.8. The quantitative estimate of drug-likeness (QED) is 0.869. The van der Waals surface area contributed by atoms with Crippen molar-refractivity contribution < 1.29 is 9.59 Å². The zero-order valence-corrected chi connectivity index (χ0v) is 16.6. The molecule has 27 heavy (non-hydrogen) atoms. The Balaban J connectivity index is 1.51. The SMILES string of the molecule is Cc1nn(C)c(C)c1NC(=O)CN1CCN(C(=O)c2ccc(Cl)cc2)CC1. The second-order valence-corrected chi connectivity index (χ2v) is 7.23. The van der Waals surface area contributed by atoms with Crippen LogP contribution in [0, 0.1) is 13.8 Å². The highest BCUT2D eigenvalue weighted by Gasteiger charge is 2.24. The lowest BCUT2D eigenvalue weighted by molar-refractivity contribution is -0.117. The van der Waals surface area contributed by atoms with Gasteiger partial charge in [-0.25, -0.2) is 0 Å². The van der Waals surface area contributed by atoms with E-state index >= 15 is 0 Å². The van der Waals surface area contributed by atoms with Gasteiger partial charge in [0, 0.05) is 43.8 Å². The summed E-state index contributed by atoms with van der Waals surface area (Å²) in [6.45, 7) is 6.63. The molecule has 1 fully saturated rings. The Morgan fingerprint density at radius 3 is 2.30 bits per heavy atom. The highest BCUT2D eigenvalue weighted by molar-refractivity contribution is 6.30. The molecule has 1 aromatic heterocycles. The van der Waals surface area contributed by atoms with Gasteiger partial charge in [-0.15, -0.1) is 0 Å². The summed E-state index contributed by atoms with van der Waals surface area (Å²) >= 11 is 5.87. The van der Waals surface area contributed by atoms with E-state index in [2.05, 4.69) is 15.3 Å². The standard InChI is InChI=1S/C19H24ClN5O2/c1-13-18(14(2)23(3)22-13)21-17(26)12-24-8-10-25(11-9-24)19(27)15-4-6-16(20)7-5-15/h4-7H,8-12H2,1-3H3,(H,21,26). The van der Waals surface area contributed by atoms with Gasteiger partial charge in [-0.05, 0) is 38.1 Å². The van der Waals surface area contributed by atoms with Crippen LogP contribution in [-0.2, 0) is 11.8 Å². The third-order valence-electron chi connectivity index (χ3n) is 4.89. The first-order chi connectivity index (χ1) is 12.8. The van der Waals surface area contributed by atoms with Crippen molar-refractivity contribution in [2.75, 3.05) is 38.0 Å². The molecular weight excluding hydrogens is 366 g/mol.